The highest BCUT2D eigenvalue weighted by Gasteiger charge is 2.19. The van der Waals surface area contributed by atoms with Gasteiger partial charge in [-0.2, -0.15) is 0 Å². The van der Waals surface area contributed by atoms with Crippen molar-refractivity contribution in [2.45, 2.75) is 51.9 Å². The number of carbonyl (C=O) groups is 1. The average molecular weight is 343 g/mol. The minimum Gasteiger partial charge on any atom is -0.340 e. The van der Waals surface area contributed by atoms with E-state index in [0.717, 1.165) is 45.6 Å². The molecular formula is C22H34N2O. The molecule has 3 nitrogen and oxygen atoms in total. The van der Waals surface area contributed by atoms with Gasteiger partial charge in [0.1, 0.15) is 0 Å². The number of hydrogen-bond acceptors (Lipinski definition) is 2. The molecule has 1 fully saturated rings. The van der Waals surface area contributed by atoms with Crippen molar-refractivity contribution in [3.63, 3.8) is 0 Å². The first kappa shape index (κ1) is 19.7. The predicted molar refractivity (Wildman–Crippen MR) is 106 cm³/mol. The van der Waals surface area contributed by atoms with Crippen LogP contribution in [0.3, 0.4) is 0 Å². The Kier molecular flexibility index (Phi) is 9.35. The van der Waals surface area contributed by atoms with E-state index >= 15 is 0 Å². The summed E-state index contributed by atoms with van der Waals surface area (Å²) in [5.74, 6) is 0.356. The number of rotatable bonds is 10. The summed E-state index contributed by atoms with van der Waals surface area (Å²) in [6, 6.07) is 10.4. The molecule has 0 saturated carbocycles. The Morgan fingerprint density at radius 2 is 1.64 bits per heavy atom. The molecule has 1 aromatic rings. The van der Waals surface area contributed by atoms with E-state index in [-0.39, 0.29) is 0 Å². The van der Waals surface area contributed by atoms with E-state index in [0.29, 0.717) is 5.91 Å². The zero-order valence-corrected chi connectivity index (χ0v) is 15.8. The maximum atomic E-state index is 12.3. The van der Waals surface area contributed by atoms with Gasteiger partial charge in [-0.1, -0.05) is 81.5 Å². The SMILES string of the molecule is CCCCCCCCC(=O)N1CCN(C/C=C\c2ccccc2)CC1. The van der Waals surface area contributed by atoms with Crippen molar-refractivity contribution >= 4 is 12.0 Å². The summed E-state index contributed by atoms with van der Waals surface area (Å²) in [7, 11) is 0. The highest BCUT2D eigenvalue weighted by molar-refractivity contribution is 5.76. The Morgan fingerprint density at radius 1 is 0.960 bits per heavy atom. The fourth-order valence-electron chi connectivity index (χ4n) is 3.30. The van der Waals surface area contributed by atoms with E-state index in [9.17, 15) is 4.79 Å². The molecule has 0 spiro atoms. The molecule has 138 valence electrons. The Bertz CT molecular complexity index is 504. The quantitative estimate of drug-likeness (QED) is 0.580. The van der Waals surface area contributed by atoms with Crippen LogP contribution in [0.4, 0.5) is 0 Å². The van der Waals surface area contributed by atoms with E-state index in [1.807, 2.05) is 6.07 Å². The van der Waals surface area contributed by atoms with Crippen LogP contribution in [0.25, 0.3) is 6.08 Å². The highest BCUT2D eigenvalue weighted by atomic mass is 16.2. The van der Waals surface area contributed by atoms with E-state index in [2.05, 4.69) is 53.1 Å². The summed E-state index contributed by atoms with van der Waals surface area (Å²) < 4.78 is 0. The molecule has 0 unspecified atom stereocenters. The van der Waals surface area contributed by atoms with Crippen LogP contribution in [-0.2, 0) is 4.79 Å². The van der Waals surface area contributed by atoms with Crippen LogP contribution in [-0.4, -0.2) is 48.4 Å². The molecular weight excluding hydrogens is 308 g/mol. The minimum absolute atomic E-state index is 0.356. The fraction of sp³-hybridized carbons (Fsp3) is 0.591. The molecule has 0 N–H and O–H groups in total. The molecule has 1 aromatic carbocycles. The Balaban J connectivity index is 1.57. The van der Waals surface area contributed by atoms with Crippen molar-refractivity contribution in [2.75, 3.05) is 32.7 Å². The smallest absolute Gasteiger partial charge is 0.222 e. The Morgan fingerprint density at radius 3 is 2.36 bits per heavy atom. The summed E-state index contributed by atoms with van der Waals surface area (Å²) in [4.78, 5) is 16.8. The Hall–Kier alpha value is -1.61. The van der Waals surface area contributed by atoms with Crippen molar-refractivity contribution in [3.05, 3.63) is 42.0 Å². The molecule has 1 saturated heterocycles. The molecule has 1 aliphatic heterocycles. The molecule has 1 amide bonds. The largest absolute Gasteiger partial charge is 0.340 e. The third-order valence-electron chi connectivity index (χ3n) is 4.94. The van der Waals surface area contributed by atoms with Crippen LogP contribution in [0, 0.1) is 0 Å². The molecule has 3 heteroatoms. The average Bonchev–Trinajstić information content (AvgIpc) is 2.66. The maximum absolute atomic E-state index is 12.3. The first-order chi connectivity index (χ1) is 12.3. The second kappa shape index (κ2) is 11.9. The van der Waals surface area contributed by atoms with Gasteiger partial charge in [-0.05, 0) is 12.0 Å². The lowest BCUT2D eigenvalue weighted by Crippen LogP contribution is -2.48. The number of amides is 1. The Labute approximate surface area is 153 Å². The summed E-state index contributed by atoms with van der Waals surface area (Å²) in [6.07, 6.45) is 12.6. The van der Waals surface area contributed by atoms with Gasteiger partial charge in [-0.15, -0.1) is 0 Å². The van der Waals surface area contributed by atoms with Crippen molar-refractivity contribution in [1.29, 1.82) is 0 Å². The lowest BCUT2D eigenvalue weighted by atomic mass is 10.1. The van der Waals surface area contributed by atoms with Crippen LogP contribution in [0.5, 0.6) is 0 Å². The van der Waals surface area contributed by atoms with E-state index in [1.165, 1.54) is 37.7 Å². The first-order valence-electron chi connectivity index (χ1n) is 10.0. The maximum Gasteiger partial charge on any atom is 0.222 e. The predicted octanol–water partition coefficient (Wildman–Crippen LogP) is 4.59. The van der Waals surface area contributed by atoms with Crippen LogP contribution in [0.15, 0.2) is 36.4 Å². The summed E-state index contributed by atoms with van der Waals surface area (Å²) in [5.41, 5.74) is 1.25. The van der Waals surface area contributed by atoms with Gasteiger partial charge in [0.2, 0.25) is 5.91 Å². The number of nitrogens with zero attached hydrogens (tertiary/aromatic N) is 2. The zero-order valence-electron chi connectivity index (χ0n) is 15.8. The topological polar surface area (TPSA) is 23.6 Å². The van der Waals surface area contributed by atoms with Gasteiger partial charge in [0.25, 0.3) is 0 Å². The molecule has 0 radical (unpaired) electrons. The monoisotopic (exact) mass is 342 g/mol. The number of carbonyl (C=O) groups excluding carboxylic acids is 1. The lowest BCUT2D eigenvalue weighted by molar-refractivity contribution is -0.133. The van der Waals surface area contributed by atoms with Crippen molar-refractivity contribution in [1.82, 2.24) is 9.80 Å². The molecule has 1 aliphatic rings. The van der Waals surface area contributed by atoms with Crippen molar-refractivity contribution < 1.29 is 4.79 Å². The highest BCUT2D eigenvalue weighted by Crippen LogP contribution is 2.10. The number of piperazine rings is 1. The molecule has 0 atom stereocenters. The standard InChI is InChI=1S/C22H34N2O/c1-2-3-4-5-6-10-15-22(25)24-19-17-23(18-20-24)16-11-14-21-12-8-7-9-13-21/h7-9,11-14H,2-6,10,15-20H2,1H3/b14-11-. The fourth-order valence-corrected chi connectivity index (χ4v) is 3.30. The third-order valence-corrected chi connectivity index (χ3v) is 4.94. The van der Waals surface area contributed by atoms with Crippen LogP contribution < -0.4 is 0 Å². The van der Waals surface area contributed by atoms with Crippen LogP contribution in [0.1, 0.15) is 57.4 Å². The molecule has 0 bridgehead atoms. The van der Waals surface area contributed by atoms with Gasteiger partial charge in [-0.3, -0.25) is 9.69 Å². The summed E-state index contributed by atoms with van der Waals surface area (Å²) >= 11 is 0. The van der Waals surface area contributed by atoms with Crippen molar-refractivity contribution in [2.24, 2.45) is 0 Å². The molecule has 2 rings (SSSR count). The van der Waals surface area contributed by atoms with E-state index in [4.69, 9.17) is 0 Å². The first-order valence-corrected chi connectivity index (χ1v) is 10.0. The number of benzene rings is 1. The normalized spacial score (nSPS) is 15.8. The van der Waals surface area contributed by atoms with E-state index in [1.54, 1.807) is 0 Å². The number of unbranched alkanes of at least 4 members (excludes halogenated alkanes) is 5. The van der Waals surface area contributed by atoms with Crippen LogP contribution >= 0.6 is 0 Å². The van der Waals surface area contributed by atoms with Gasteiger partial charge in [-0.25, -0.2) is 0 Å². The van der Waals surface area contributed by atoms with Gasteiger partial charge in [0.05, 0.1) is 0 Å². The van der Waals surface area contributed by atoms with Crippen LogP contribution in [0.2, 0.25) is 0 Å². The van der Waals surface area contributed by atoms with Gasteiger partial charge in [0.15, 0.2) is 0 Å². The molecule has 25 heavy (non-hydrogen) atoms. The minimum atomic E-state index is 0.356. The van der Waals surface area contributed by atoms with Gasteiger partial charge < -0.3 is 4.90 Å². The zero-order chi connectivity index (χ0) is 17.7. The molecule has 1 heterocycles. The second-order valence-corrected chi connectivity index (χ2v) is 7.01. The second-order valence-electron chi connectivity index (χ2n) is 7.01. The summed E-state index contributed by atoms with van der Waals surface area (Å²) in [6.45, 7) is 6.94. The third kappa shape index (κ3) is 7.87. The molecule has 0 aliphatic carbocycles. The van der Waals surface area contributed by atoms with Gasteiger partial charge in [0, 0.05) is 39.1 Å². The lowest BCUT2D eigenvalue weighted by Gasteiger charge is -2.34. The van der Waals surface area contributed by atoms with Crippen molar-refractivity contribution in [3.8, 4) is 0 Å². The van der Waals surface area contributed by atoms with E-state index < -0.39 is 0 Å². The summed E-state index contributed by atoms with van der Waals surface area (Å²) in [5, 5.41) is 0. The van der Waals surface area contributed by atoms with Gasteiger partial charge >= 0.3 is 0 Å². The molecule has 0 aromatic heterocycles. The number of hydrogen-bond donors (Lipinski definition) is 0.